The predicted octanol–water partition coefficient (Wildman–Crippen LogP) is 0.323. The third kappa shape index (κ3) is 2.29. The van der Waals surface area contributed by atoms with Gasteiger partial charge in [0.2, 0.25) is 5.95 Å². The predicted molar refractivity (Wildman–Crippen MR) is 52.4 cm³/mol. The van der Waals surface area contributed by atoms with Gasteiger partial charge in [-0.3, -0.25) is 10.1 Å². The molecule has 0 saturated heterocycles. The van der Waals surface area contributed by atoms with Crippen molar-refractivity contribution in [3.63, 3.8) is 0 Å². The number of hydrogen-bond donors (Lipinski definition) is 2. The van der Waals surface area contributed by atoms with E-state index in [0.29, 0.717) is 4.52 Å². The molecule has 0 aliphatic rings. The largest absolute Gasteiger partial charge is 0.477 e. The Balaban J connectivity index is 2.46. The van der Waals surface area contributed by atoms with Crippen molar-refractivity contribution in [2.75, 3.05) is 5.32 Å². The summed E-state index contributed by atoms with van der Waals surface area (Å²) in [7, 11) is 0. The van der Waals surface area contributed by atoms with Crippen LogP contribution in [0.5, 0.6) is 0 Å². The van der Waals surface area contributed by atoms with Crippen LogP contribution in [-0.2, 0) is 4.79 Å². The van der Waals surface area contributed by atoms with Gasteiger partial charge in [0.25, 0.3) is 0 Å². The topological polar surface area (TPSA) is 109 Å². The molecule has 0 atom stereocenters. The van der Waals surface area contributed by atoms with Crippen molar-refractivity contribution in [1.82, 2.24) is 19.6 Å². The Morgan fingerprint density at radius 1 is 1.32 bits per heavy atom. The minimum Gasteiger partial charge on any atom is -0.477 e. The number of aromatic carboxylic acids is 1. The average molecular weight is 275 g/mol. The lowest BCUT2D eigenvalue weighted by Gasteiger charge is -2.07. The zero-order chi connectivity index (χ0) is 14.2. The highest BCUT2D eigenvalue weighted by molar-refractivity contribution is 5.96. The summed E-state index contributed by atoms with van der Waals surface area (Å²) in [6.07, 6.45) is -3.40. The van der Waals surface area contributed by atoms with Crippen LogP contribution in [0.4, 0.5) is 19.1 Å². The van der Waals surface area contributed by atoms with E-state index in [2.05, 4.69) is 15.1 Å². The van der Waals surface area contributed by atoms with Crippen LogP contribution in [0.15, 0.2) is 12.5 Å². The van der Waals surface area contributed by atoms with Crippen LogP contribution < -0.4 is 5.32 Å². The van der Waals surface area contributed by atoms with Crippen LogP contribution in [0.2, 0.25) is 0 Å². The molecular formula is C8H4F3N5O3. The Bertz CT molecular complexity index is 665. The summed E-state index contributed by atoms with van der Waals surface area (Å²) in [4.78, 5) is 28.5. The maximum atomic E-state index is 12.1. The van der Waals surface area contributed by atoms with Gasteiger partial charge in [-0.2, -0.15) is 22.8 Å². The molecule has 0 fully saturated rings. The van der Waals surface area contributed by atoms with Gasteiger partial charge >= 0.3 is 18.1 Å². The monoisotopic (exact) mass is 275 g/mol. The van der Waals surface area contributed by atoms with Gasteiger partial charge in [0.15, 0.2) is 5.65 Å². The van der Waals surface area contributed by atoms with E-state index in [1.807, 2.05) is 0 Å². The number of nitrogens with one attached hydrogen (secondary N) is 1. The molecule has 19 heavy (non-hydrogen) atoms. The first kappa shape index (κ1) is 12.7. The number of nitrogens with zero attached hydrogens (tertiary/aromatic N) is 4. The number of carbonyl (C=O) groups is 2. The van der Waals surface area contributed by atoms with E-state index in [1.165, 1.54) is 5.32 Å². The van der Waals surface area contributed by atoms with E-state index < -0.39 is 24.0 Å². The second kappa shape index (κ2) is 4.19. The summed E-state index contributed by atoms with van der Waals surface area (Å²) in [6.45, 7) is 0. The lowest BCUT2D eigenvalue weighted by molar-refractivity contribution is -0.167. The first-order valence-corrected chi connectivity index (χ1v) is 4.61. The van der Waals surface area contributed by atoms with Crippen molar-refractivity contribution in [1.29, 1.82) is 0 Å². The molecular weight excluding hydrogens is 271 g/mol. The van der Waals surface area contributed by atoms with Crippen molar-refractivity contribution < 1.29 is 27.9 Å². The third-order valence-corrected chi connectivity index (χ3v) is 2.02. The van der Waals surface area contributed by atoms with Crippen molar-refractivity contribution in [3.05, 3.63) is 18.1 Å². The van der Waals surface area contributed by atoms with Gasteiger partial charge in [-0.05, 0) is 0 Å². The maximum Gasteiger partial charge on any atom is 0.471 e. The average Bonchev–Trinajstić information content (AvgIpc) is 2.72. The zero-order valence-electron chi connectivity index (χ0n) is 8.84. The molecule has 8 nitrogen and oxygen atoms in total. The van der Waals surface area contributed by atoms with Crippen LogP contribution in [-0.4, -0.2) is 42.7 Å². The quantitative estimate of drug-likeness (QED) is 0.817. The number of anilines is 1. The molecule has 0 saturated carbocycles. The van der Waals surface area contributed by atoms with E-state index in [1.54, 1.807) is 0 Å². The van der Waals surface area contributed by atoms with Gasteiger partial charge in [0.05, 0.1) is 6.20 Å². The van der Waals surface area contributed by atoms with Crippen LogP contribution in [0, 0.1) is 0 Å². The minimum absolute atomic E-state index is 0.236. The summed E-state index contributed by atoms with van der Waals surface area (Å²) in [5.74, 6) is -4.19. The minimum atomic E-state index is -5.10. The SMILES string of the molecule is O=C(O)c1cnn2c(NC(=O)C(F)(F)F)ncnc12. The van der Waals surface area contributed by atoms with Gasteiger partial charge in [-0.1, -0.05) is 0 Å². The summed E-state index contributed by atoms with van der Waals surface area (Å²) in [6, 6.07) is 0. The maximum absolute atomic E-state index is 12.1. The fraction of sp³-hybridized carbons (Fsp3) is 0.125. The van der Waals surface area contributed by atoms with Crippen LogP contribution >= 0.6 is 0 Å². The Labute approximate surface area is 101 Å². The van der Waals surface area contributed by atoms with E-state index in [4.69, 9.17) is 5.11 Å². The van der Waals surface area contributed by atoms with E-state index >= 15 is 0 Å². The summed E-state index contributed by atoms with van der Waals surface area (Å²) < 4.78 is 37.0. The number of carboxylic acids is 1. The third-order valence-electron chi connectivity index (χ3n) is 2.02. The molecule has 0 radical (unpaired) electrons. The molecule has 0 unspecified atom stereocenters. The molecule has 2 aromatic rings. The number of aromatic nitrogens is 4. The lowest BCUT2D eigenvalue weighted by atomic mass is 10.3. The fourth-order valence-corrected chi connectivity index (χ4v) is 1.22. The standard InChI is InChI=1S/C8H4F3N5O3/c9-8(10,11)6(19)15-7-13-2-12-4-3(5(17)18)1-14-16(4)7/h1-2H,(H,17,18)(H,12,13,15,19). The number of halogens is 3. The number of fused-ring (bicyclic) bond motifs is 1. The highest BCUT2D eigenvalue weighted by atomic mass is 19.4. The zero-order valence-corrected chi connectivity index (χ0v) is 8.84. The number of carbonyl (C=O) groups excluding carboxylic acids is 1. The lowest BCUT2D eigenvalue weighted by Crippen LogP contribution is -2.31. The molecule has 0 aliphatic carbocycles. The Morgan fingerprint density at radius 2 is 2.00 bits per heavy atom. The smallest absolute Gasteiger partial charge is 0.471 e. The molecule has 2 N–H and O–H groups in total. The fourth-order valence-electron chi connectivity index (χ4n) is 1.22. The normalized spacial score (nSPS) is 11.5. The Hall–Kier alpha value is -2.72. The van der Waals surface area contributed by atoms with Gasteiger partial charge < -0.3 is 5.11 Å². The molecule has 0 bridgehead atoms. The van der Waals surface area contributed by atoms with Gasteiger partial charge in [-0.15, -0.1) is 0 Å². The van der Waals surface area contributed by atoms with Crippen molar-refractivity contribution >= 4 is 23.5 Å². The van der Waals surface area contributed by atoms with E-state index in [-0.39, 0.29) is 11.2 Å². The van der Waals surface area contributed by atoms with E-state index in [9.17, 15) is 22.8 Å². The number of rotatable bonds is 2. The number of carboxylic acid groups (broad SMARTS) is 1. The Morgan fingerprint density at radius 3 is 2.58 bits per heavy atom. The number of alkyl halides is 3. The molecule has 2 aromatic heterocycles. The molecule has 11 heteroatoms. The van der Waals surface area contributed by atoms with Crippen LogP contribution in [0.3, 0.4) is 0 Å². The van der Waals surface area contributed by atoms with Crippen molar-refractivity contribution in [3.8, 4) is 0 Å². The molecule has 100 valence electrons. The first-order valence-electron chi connectivity index (χ1n) is 4.61. The van der Waals surface area contributed by atoms with Gasteiger partial charge in [0.1, 0.15) is 11.9 Å². The number of hydrogen-bond acceptors (Lipinski definition) is 5. The van der Waals surface area contributed by atoms with Crippen molar-refractivity contribution in [2.24, 2.45) is 0 Å². The molecule has 0 spiro atoms. The van der Waals surface area contributed by atoms with Crippen molar-refractivity contribution in [2.45, 2.75) is 6.18 Å². The van der Waals surface area contributed by atoms with Gasteiger partial charge in [-0.25, -0.2) is 14.8 Å². The van der Waals surface area contributed by atoms with E-state index in [0.717, 1.165) is 12.5 Å². The molecule has 2 heterocycles. The van der Waals surface area contributed by atoms with Gasteiger partial charge in [0, 0.05) is 0 Å². The number of amides is 1. The molecule has 1 amide bonds. The van der Waals surface area contributed by atoms with Crippen LogP contribution in [0.1, 0.15) is 10.4 Å². The van der Waals surface area contributed by atoms with Crippen LogP contribution in [0.25, 0.3) is 5.65 Å². The highest BCUT2D eigenvalue weighted by Gasteiger charge is 2.39. The second-order valence-electron chi connectivity index (χ2n) is 3.25. The molecule has 2 rings (SSSR count). The summed E-state index contributed by atoms with van der Waals surface area (Å²) >= 11 is 0. The highest BCUT2D eigenvalue weighted by Crippen LogP contribution is 2.18. The first-order chi connectivity index (χ1) is 8.80. The molecule has 0 aliphatic heterocycles. The summed E-state index contributed by atoms with van der Waals surface area (Å²) in [5, 5.41) is 13.8. The molecule has 0 aromatic carbocycles. The second-order valence-corrected chi connectivity index (χ2v) is 3.25. The Kier molecular flexibility index (Phi) is 2.81. The summed E-state index contributed by atoms with van der Waals surface area (Å²) in [5.41, 5.74) is -0.565.